The number of carbonyl (C=O) groups excluding carboxylic acids is 1. The average Bonchev–Trinajstić information content (AvgIpc) is 2.58. The molecule has 0 aromatic carbocycles. The van der Waals surface area contributed by atoms with Gasteiger partial charge in [-0.25, -0.2) is 4.79 Å². The number of hydrogen-bond acceptors (Lipinski definition) is 4. The molecule has 1 aromatic heterocycles. The van der Waals surface area contributed by atoms with Crippen molar-refractivity contribution in [3.8, 4) is 0 Å². The average molecular weight is 209 g/mol. The molecule has 0 radical (unpaired) electrons. The molecule has 0 amide bonds. The maximum atomic E-state index is 11.6. The zero-order valence-corrected chi connectivity index (χ0v) is 9.04. The Morgan fingerprint density at radius 2 is 2.47 bits per heavy atom. The van der Waals surface area contributed by atoms with Crippen molar-refractivity contribution in [2.75, 3.05) is 13.2 Å². The molecule has 0 atom stereocenters. The van der Waals surface area contributed by atoms with Crippen molar-refractivity contribution in [1.82, 2.24) is 15.1 Å². The quantitative estimate of drug-likeness (QED) is 0.709. The Labute approximate surface area is 88.4 Å². The fourth-order valence-corrected chi connectivity index (χ4v) is 1.88. The first-order valence-corrected chi connectivity index (χ1v) is 5.16. The molecule has 0 saturated heterocycles. The molecule has 0 bridgehead atoms. The second kappa shape index (κ2) is 4.02. The molecule has 0 fully saturated rings. The van der Waals surface area contributed by atoms with Crippen LogP contribution in [0.5, 0.6) is 0 Å². The molecule has 0 unspecified atom stereocenters. The van der Waals surface area contributed by atoms with Gasteiger partial charge in [-0.2, -0.15) is 5.10 Å². The molecule has 5 heteroatoms. The second-order valence-electron chi connectivity index (χ2n) is 3.54. The van der Waals surface area contributed by atoms with Crippen molar-refractivity contribution in [1.29, 1.82) is 0 Å². The molecule has 1 N–H and O–H groups in total. The van der Waals surface area contributed by atoms with Crippen LogP contribution in [0.15, 0.2) is 0 Å². The van der Waals surface area contributed by atoms with Crippen LogP contribution in [0.25, 0.3) is 0 Å². The Balaban J connectivity index is 2.35. The van der Waals surface area contributed by atoms with Crippen LogP contribution in [0.3, 0.4) is 0 Å². The van der Waals surface area contributed by atoms with Crippen LogP contribution < -0.4 is 5.32 Å². The van der Waals surface area contributed by atoms with Gasteiger partial charge in [0.25, 0.3) is 0 Å². The van der Waals surface area contributed by atoms with Gasteiger partial charge in [-0.05, 0) is 6.92 Å². The monoisotopic (exact) mass is 209 g/mol. The fourth-order valence-electron chi connectivity index (χ4n) is 1.88. The summed E-state index contributed by atoms with van der Waals surface area (Å²) in [6, 6.07) is 0. The molecule has 15 heavy (non-hydrogen) atoms. The van der Waals surface area contributed by atoms with E-state index in [4.69, 9.17) is 4.74 Å². The Hall–Kier alpha value is -1.36. The highest BCUT2D eigenvalue weighted by Crippen LogP contribution is 2.18. The molecule has 0 saturated carbocycles. The zero-order valence-electron chi connectivity index (χ0n) is 9.04. The van der Waals surface area contributed by atoms with E-state index >= 15 is 0 Å². The molecule has 5 nitrogen and oxygen atoms in total. The number of nitrogens with one attached hydrogen (secondary N) is 1. The summed E-state index contributed by atoms with van der Waals surface area (Å²) in [6.45, 7) is 3.83. The number of fused-ring (bicyclic) bond motifs is 1. The van der Waals surface area contributed by atoms with Gasteiger partial charge in [-0.3, -0.25) is 4.68 Å². The van der Waals surface area contributed by atoms with Crippen molar-refractivity contribution in [2.24, 2.45) is 7.05 Å². The van der Waals surface area contributed by atoms with Gasteiger partial charge in [0.2, 0.25) is 0 Å². The third-order valence-electron chi connectivity index (χ3n) is 2.58. The first kappa shape index (κ1) is 10.2. The van der Waals surface area contributed by atoms with Crippen molar-refractivity contribution in [3.63, 3.8) is 0 Å². The minimum atomic E-state index is -0.321. The molecule has 1 aliphatic heterocycles. The van der Waals surface area contributed by atoms with Crippen LogP contribution in [-0.2, 0) is 24.8 Å². The lowest BCUT2D eigenvalue weighted by Crippen LogP contribution is -2.25. The van der Waals surface area contributed by atoms with Gasteiger partial charge in [0.15, 0.2) is 5.69 Å². The first-order chi connectivity index (χ1) is 7.24. The minimum absolute atomic E-state index is 0.321. The van der Waals surface area contributed by atoms with Crippen LogP contribution in [0.4, 0.5) is 0 Å². The summed E-state index contributed by atoms with van der Waals surface area (Å²) in [5.41, 5.74) is 2.58. The van der Waals surface area contributed by atoms with E-state index in [9.17, 15) is 4.79 Å². The van der Waals surface area contributed by atoms with Crippen LogP contribution in [0.1, 0.15) is 28.7 Å². The summed E-state index contributed by atoms with van der Waals surface area (Å²) in [4.78, 5) is 11.6. The third kappa shape index (κ3) is 1.74. The number of rotatable bonds is 2. The highest BCUT2D eigenvalue weighted by Gasteiger charge is 2.24. The zero-order chi connectivity index (χ0) is 10.8. The summed E-state index contributed by atoms with van der Waals surface area (Å²) in [6.07, 6.45) is 0.915. The van der Waals surface area contributed by atoms with E-state index in [1.807, 2.05) is 7.05 Å². The van der Waals surface area contributed by atoms with Crippen molar-refractivity contribution in [3.05, 3.63) is 17.0 Å². The largest absolute Gasteiger partial charge is 0.461 e. The Morgan fingerprint density at radius 1 is 1.67 bits per heavy atom. The number of carbonyl (C=O) groups is 1. The van der Waals surface area contributed by atoms with Gasteiger partial charge in [0.1, 0.15) is 0 Å². The third-order valence-corrected chi connectivity index (χ3v) is 2.58. The summed E-state index contributed by atoms with van der Waals surface area (Å²) < 4.78 is 6.74. The lowest BCUT2D eigenvalue weighted by molar-refractivity contribution is 0.0517. The maximum Gasteiger partial charge on any atom is 0.359 e. The highest BCUT2D eigenvalue weighted by atomic mass is 16.5. The van der Waals surface area contributed by atoms with Gasteiger partial charge < -0.3 is 10.1 Å². The van der Waals surface area contributed by atoms with Crippen LogP contribution in [0, 0.1) is 0 Å². The lowest BCUT2D eigenvalue weighted by atomic mass is 10.1. The van der Waals surface area contributed by atoms with Crippen molar-refractivity contribution < 1.29 is 9.53 Å². The SMILES string of the molecule is CCOC(=O)c1nn(C)c2c1CNCC2. The second-order valence-corrected chi connectivity index (χ2v) is 3.54. The Bertz CT molecular complexity index is 384. The van der Waals surface area contributed by atoms with Gasteiger partial charge in [-0.1, -0.05) is 0 Å². The predicted molar refractivity (Wildman–Crippen MR) is 54.6 cm³/mol. The predicted octanol–water partition coefficient (Wildman–Crippen LogP) is 0.242. The van der Waals surface area contributed by atoms with E-state index in [0.717, 1.165) is 24.2 Å². The van der Waals surface area contributed by atoms with Gasteiger partial charge >= 0.3 is 5.97 Å². The van der Waals surface area contributed by atoms with Gasteiger partial charge in [-0.15, -0.1) is 0 Å². The van der Waals surface area contributed by atoms with E-state index in [-0.39, 0.29) is 5.97 Å². The van der Waals surface area contributed by atoms with E-state index in [2.05, 4.69) is 10.4 Å². The van der Waals surface area contributed by atoms with Gasteiger partial charge in [0, 0.05) is 37.8 Å². The molecular weight excluding hydrogens is 194 g/mol. The van der Waals surface area contributed by atoms with Crippen LogP contribution >= 0.6 is 0 Å². The van der Waals surface area contributed by atoms with Crippen LogP contribution in [-0.4, -0.2) is 28.9 Å². The van der Waals surface area contributed by atoms with E-state index < -0.39 is 0 Å². The molecular formula is C10H15N3O2. The standard InChI is InChI=1S/C10H15N3O2/c1-3-15-10(14)9-7-6-11-5-4-8(7)13(2)12-9/h11H,3-6H2,1-2H3. The number of aromatic nitrogens is 2. The first-order valence-electron chi connectivity index (χ1n) is 5.16. The molecule has 0 spiro atoms. The number of nitrogens with zero attached hydrogens (tertiary/aromatic N) is 2. The van der Waals surface area contributed by atoms with Crippen LogP contribution in [0.2, 0.25) is 0 Å². The smallest absolute Gasteiger partial charge is 0.359 e. The van der Waals surface area contributed by atoms with E-state index in [1.165, 1.54) is 0 Å². The maximum absolute atomic E-state index is 11.6. The molecule has 2 heterocycles. The van der Waals surface area contributed by atoms with Crippen molar-refractivity contribution >= 4 is 5.97 Å². The number of esters is 1. The number of hydrogen-bond donors (Lipinski definition) is 1. The molecule has 82 valence electrons. The molecule has 1 aliphatic rings. The molecule has 1 aromatic rings. The van der Waals surface area contributed by atoms with Crippen molar-refractivity contribution in [2.45, 2.75) is 19.9 Å². The molecule has 2 rings (SSSR count). The summed E-state index contributed by atoms with van der Waals surface area (Å²) in [7, 11) is 1.87. The molecule has 0 aliphatic carbocycles. The number of aryl methyl sites for hydroxylation is 1. The Morgan fingerprint density at radius 3 is 3.20 bits per heavy atom. The normalized spacial score (nSPS) is 14.8. The Kier molecular flexibility index (Phi) is 2.73. The summed E-state index contributed by atoms with van der Waals surface area (Å²) >= 11 is 0. The van der Waals surface area contributed by atoms with E-state index in [1.54, 1.807) is 11.6 Å². The summed E-state index contributed by atoms with van der Waals surface area (Å²) in [5.74, 6) is -0.321. The fraction of sp³-hybridized carbons (Fsp3) is 0.600. The lowest BCUT2D eigenvalue weighted by Gasteiger charge is -2.13. The number of ether oxygens (including phenoxy) is 1. The highest BCUT2D eigenvalue weighted by molar-refractivity contribution is 5.89. The summed E-state index contributed by atoms with van der Waals surface area (Å²) in [5, 5.41) is 7.44. The topological polar surface area (TPSA) is 56.1 Å². The van der Waals surface area contributed by atoms with E-state index in [0.29, 0.717) is 18.8 Å². The van der Waals surface area contributed by atoms with Gasteiger partial charge in [0.05, 0.1) is 6.61 Å². The minimum Gasteiger partial charge on any atom is -0.461 e.